The summed E-state index contributed by atoms with van der Waals surface area (Å²) in [5.41, 5.74) is 0.875. The van der Waals surface area contributed by atoms with E-state index in [-0.39, 0.29) is 17.1 Å². The van der Waals surface area contributed by atoms with Crippen LogP contribution in [0, 0.1) is 11.3 Å². The third-order valence-corrected chi connectivity index (χ3v) is 4.02. The zero-order chi connectivity index (χ0) is 15.3. The minimum atomic E-state index is -3.69. The molecule has 0 aliphatic heterocycles. The summed E-state index contributed by atoms with van der Waals surface area (Å²) < 4.78 is 31.6. The second kappa shape index (κ2) is 6.30. The van der Waals surface area contributed by atoms with Gasteiger partial charge in [0.25, 0.3) is 0 Å². The van der Waals surface area contributed by atoms with Crippen molar-refractivity contribution in [2.45, 2.75) is 11.4 Å². The van der Waals surface area contributed by atoms with E-state index in [0.29, 0.717) is 11.4 Å². The van der Waals surface area contributed by atoms with Crippen LogP contribution in [0.15, 0.2) is 41.6 Å². The fraction of sp³-hybridized carbons (Fsp3) is 0.154. The lowest BCUT2D eigenvalue weighted by molar-refractivity contribution is 0.397. The number of hydrogen-bond donors (Lipinski definition) is 1. The summed E-state index contributed by atoms with van der Waals surface area (Å²) in [5, 5.41) is 8.64. The number of aromatic nitrogens is 2. The van der Waals surface area contributed by atoms with Gasteiger partial charge >= 0.3 is 0 Å². The molecule has 2 aromatic rings. The van der Waals surface area contributed by atoms with Crippen LogP contribution in [-0.2, 0) is 16.6 Å². The van der Waals surface area contributed by atoms with Crippen molar-refractivity contribution in [3.05, 3.63) is 47.9 Å². The summed E-state index contributed by atoms with van der Waals surface area (Å²) in [6, 6.07) is 7.84. The van der Waals surface area contributed by atoms with Crippen molar-refractivity contribution in [2.75, 3.05) is 7.11 Å². The first-order valence-corrected chi connectivity index (χ1v) is 7.38. The van der Waals surface area contributed by atoms with E-state index in [1.54, 1.807) is 12.1 Å². The molecule has 0 atom stereocenters. The van der Waals surface area contributed by atoms with Crippen molar-refractivity contribution < 1.29 is 13.2 Å². The first-order chi connectivity index (χ1) is 10.0. The number of nitrogens with one attached hydrogen (secondary N) is 1. The molecular formula is C13H12N4O3S. The molecule has 108 valence electrons. The Morgan fingerprint density at radius 1 is 1.33 bits per heavy atom. The minimum absolute atomic E-state index is 0.00233. The third-order valence-electron chi connectivity index (χ3n) is 2.64. The van der Waals surface area contributed by atoms with E-state index in [4.69, 9.17) is 10.00 Å². The maximum atomic E-state index is 12.1. The Morgan fingerprint density at radius 2 is 2.14 bits per heavy atom. The van der Waals surface area contributed by atoms with Crippen molar-refractivity contribution >= 4 is 10.0 Å². The first kappa shape index (κ1) is 14.9. The lowest BCUT2D eigenvalue weighted by Crippen LogP contribution is -2.23. The van der Waals surface area contributed by atoms with Gasteiger partial charge in [0.05, 0.1) is 7.11 Å². The van der Waals surface area contributed by atoms with Gasteiger partial charge in [-0.15, -0.1) is 0 Å². The van der Waals surface area contributed by atoms with Crippen LogP contribution in [0.1, 0.15) is 11.3 Å². The second-order valence-electron chi connectivity index (χ2n) is 4.02. The summed E-state index contributed by atoms with van der Waals surface area (Å²) in [6.45, 7) is 0.0984. The highest BCUT2D eigenvalue weighted by molar-refractivity contribution is 7.89. The molecule has 8 heteroatoms. The molecule has 0 amide bonds. The fourth-order valence-corrected chi connectivity index (χ4v) is 2.50. The van der Waals surface area contributed by atoms with Crippen molar-refractivity contribution in [1.29, 1.82) is 5.26 Å². The highest BCUT2D eigenvalue weighted by Crippen LogP contribution is 2.11. The molecule has 0 aromatic carbocycles. The molecule has 2 aromatic heterocycles. The molecule has 0 aliphatic carbocycles. The summed E-state index contributed by atoms with van der Waals surface area (Å²) >= 11 is 0. The Kier molecular flexibility index (Phi) is 4.47. The number of rotatable bonds is 5. The number of nitriles is 1. The smallest absolute Gasteiger partial charge is 0.242 e. The molecule has 21 heavy (non-hydrogen) atoms. The van der Waals surface area contributed by atoms with Crippen molar-refractivity contribution in [3.8, 4) is 11.9 Å². The summed E-state index contributed by atoms with van der Waals surface area (Å²) in [4.78, 5) is 7.68. The van der Waals surface area contributed by atoms with Crippen LogP contribution in [0.5, 0.6) is 5.88 Å². The van der Waals surface area contributed by atoms with Gasteiger partial charge in [-0.2, -0.15) is 5.26 Å². The highest BCUT2D eigenvalue weighted by Gasteiger charge is 2.14. The van der Waals surface area contributed by atoms with Gasteiger partial charge in [0.15, 0.2) is 0 Å². The van der Waals surface area contributed by atoms with Gasteiger partial charge in [0.2, 0.25) is 15.9 Å². The Hall–Kier alpha value is -2.50. The maximum absolute atomic E-state index is 12.1. The van der Waals surface area contributed by atoms with Crippen molar-refractivity contribution in [3.63, 3.8) is 0 Å². The zero-order valence-corrected chi connectivity index (χ0v) is 12.0. The van der Waals surface area contributed by atoms with Gasteiger partial charge in [-0.1, -0.05) is 0 Å². The third kappa shape index (κ3) is 3.75. The summed E-state index contributed by atoms with van der Waals surface area (Å²) in [5.74, 6) is 0.409. The SMILES string of the molecule is COc1cc(CNS(=O)(=O)c2ccc(C#N)nc2)ccn1. The fourth-order valence-electron chi connectivity index (χ4n) is 1.54. The minimum Gasteiger partial charge on any atom is -0.481 e. The number of ether oxygens (including phenoxy) is 1. The van der Waals surface area contributed by atoms with Crippen LogP contribution in [0.25, 0.3) is 0 Å². The number of sulfonamides is 1. The number of hydrogen-bond acceptors (Lipinski definition) is 6. The quantitative estimate of drug-likeness (QED) is 0.877. The Labute approximate surface area is 122 Å². The van der Waals surface area contributed by atoms with E-state index in [9.17, 15) is 8.42 Å². The molecule has 0 unspecified atom stereocenters. The van der Waals surface area contributed by atoms with Gasteiger partial charge in [-0.05, 0) is 23.8 Å². The molecule has 0 bridgehead atoms. The average molecular weight is 304 g/mol. The van der Waals surface area contributed by atoms with E-state index in [1.807, 2.05) is 6.07 Å². The Balaban J connectivity index is 2.11. The van der Waals surface area contributed by atoms with Crippen LogP contribution in [0.4, 0.5) is 0 Å². The van der Waals surface area contributed by atoms with Crippen molar-refractivity contribution in [1.82, 2.24) is 14.7 Å². The van der Waals surface area contributed by atoms with Gasteiger partial charge < -0.3 is 4.74 Å². The molecule has 0 aliphatic rings. The van der Waals surface area contributed by atoms with E-state index in [2.05, 4.69) is 14.7 Å². The summed E-state index contributed by atoms with van der Waals surface area (Å²) in [7, 11) is -2.20. The molecular weight excluding hydrogens is 292 g/mol. The molecule has 0 spiro atoms. The monoisotopic (exact) mass is 304 g/mol. The van der Waals surface area contributed by atoms with Crippen LogP contribution in [-0.4, -0.2) is 25.5 Å². The van der Waals surface area contributed by atoms with Crippen LogP contribution >= 0.6 is 0 Å². The first-order valence-electron chi connectivity index (χ1n) is 5.90. The van der Waals surface area contributed by atoms with Gasteiger partial charge in [-0.25, -0.2) is 23.1 Å². The predicted octanol–water partition coefficient (Wildman–Crippen LogP) is 0.835. The number of nitrogens with zero attached hydrogens (tertiary/aromatic N) is 3. The molecule has 2 rings (SSSR count). The molecule has 1 N–H and O–H groups in total. The molecule has 0 fully saturated rings. The van der Waals surface area contributed by atoms with Crippen molar-refractivity contribution in [2.24, 2.45) is 0 Å². The standard InChI is InChI=1S/C13H12N4O3S/c1-20-13-6-10(4-5-15-13)8-17-21(18,19)12-3-2-11(7-14)16-9-12/h2-6,9,17H,8H2,1H3. The lowest BCUT2D eigenvalue weighted by atomic mass is 10.3. The Bertz CT molecular complexity index is 767. The highest BCUT2D eigenvalue weighted by atomic mass is 32.2. The molecule has 0 saturated carbocycles. The number of pyridine rings is 2. The number of methoxy groups -OCH3 is 1. The van der Waals surface area contributed by atoms with Gasteiger partial charge in [0.1, 0.15) is 16.7 Å². The van der Waals surface area contributed by atoms with E-state index in [0.717, 1.165) is 6.20 Å². The van der Waals surface area contributed by atoms with E-state index < -0.39 is 10.0 Å². The summed E-state index contributed by atoms with van der Waals surface area (Å²) in [6.07, 6.45) is 2.68. The predicted molar refractivity (Wildman–Crippen MR) is 73.8 cm³/mol. The largest absolute Gasteiger partial charge is 0.481 e. The molecule has 0 radical (unpaired) electrons. The second-order valence-corrected chi connectivity index (χ2v) is 5.79. The maximum Gasteiger partial charge on any atom is 0.242 e. The normalized spacial score (nSPS) is 10.9. The molecule has 2 heterocycles. The zero-order valence-electron chi connectivity index (χ0n) is 11.1. The van der Waals surface area contributed by atoms with Crippen LogP contribution in [0.3, 0.4) is 0 Å². The topological polar surface area (TPSA) is 105 Å². The van der Waals surface area contributed by atoms with E-state index >= 15 is 0 Å². The average Bonchev–Trinajstić information content (AvgIpc) is 2.53. The molecule has 7 nitrogen and oxygen atoms in total. The van der Waals surface area contributed by atoms with Crippen LogP contribution < -0.4 is 9.46 Å². The van der Waals surface area contributed by atoms with Gasteiger partial charge in [-0.3, -0.25) is 0 Å². The Morgan fingerprint density at radius 3 is 2.76 bits per heavy atom. The van der Waals surface area contributed by atoms with Gasteiger partial charge in [0, 0.05) is 25.0 Å². The lowest BCUT2D eigenvalue weighted by Gasteiger charge is -2.07. The van der Waals surface area contributed by atoms with Crippen LogP contribution in [0.2, 0.25) is 0 Å². The molecule has 0 saturated heterocycles. The van der Waals surface area contributed by atoms with E-state index in [1.165, 1.54) is 25.4 Å².